The number of nitrogens with zero attached hydrogens (tertiary/aromatic N) is 2. The molecule has 84 valence electrons. The fourth-order valence-electron chi connectivity index (χ4n) is 0.881. The van der Waals surface area contributed by atoms with Crippen molar-refractivity contribution in [2.45, 2.75) is 25.3 Å². The topological polar surface area (TPSA) is 96.2 Å². The lowest BCUT2D eigenvalue weighted by Crippen LogP contribution is -2.17. The van der Waals surface area contributed by atoms with Crippen molar-refractivity contribution in [2.75, 3.05) is 6.54 Å². The van der Waals surface area contributed by atoms with Crippen LogP contribution in [0.5, 0.6) is 0 Å². The van der Waals surface area contributed by atoms with Gasteiger partial charge in [0.1, 0.15) is 0 Å². The second-order valence-electron chi connectivity index (χ2n) is 2.54. The summed E-state index contributed by atoms with van der Waals surface area (Å²) in [4.78, 5) is 36.4. The highest BCUT2D eigenvalue weighted by atomic mass is 35.5. The van der Waals surface area contributed by atoms with E-state index in [1.54, 1.807) is 0 Å². The predicted octanol–water partition coefficient (Wildman–Crippen LogP) is 0.703. The van der Waals surface area contributed by atoms with Crippen molar-refractivity contribution in [1.82, 2.24) is 0 Å². The molecule has 7 heteroatoms. The van der Waals surface area contributed by atoms with Gasteiger partial charge in [-0.3, -0.25) is 0 Å². The number of aliphatic imine (C=N–C) groups is 2. The average molecular weight is 235 g/mol. The number of hydrogen-bond donors (Lipinski definition) is 1. The molecule has 6 nitrogen and oxygen atoms in total. The molecule has 0 amide bonds. The Labute approximate surface area is 92.5 Å². The smallest absolute Gasteiger partial charge is 0.329 e. The minimum absolute atomic E-state index is 0. The SMILES string of the molecule is Cl.O=C=NCCCCC(N=C=O)C(=O)O. The quantitative estimate of drug-likeness (QED) is 0.398. The monoisotopic (exact) mass is 234 g/mol. The first-order chi connectivity index (χ1) is 6.72. The van der Waals surface area contributed by atoms with Crippen molar-refractivity contribution in [2.24, 2.45) is 9.98 Å². The molecule has 0 fully saturated rings. The van der Waals surface area contributed by atoms with Crippen LogP contribution in [0.2, 0.25) is 0 Å². The molecule has 0 aromatic carbocycles. The third-order valence-corrected chi connectivity index (χ3v) is 1.56. The summed E-state index contributed by atoms with van der Waals surface area (Å²) in [5.41, 5.74) is 0. The Balaban J connectivity index is 0. The van der Waals surface area contributed by atoms with Gasteiger partial charge in [-0.05, 0) is 19.3 Å². The lowest BCUT2D eigenvalue weighted by molar-refractivity contribution is -0.138. The zero-order valence-corrected chi connectivity index (χ0v) is 8.70. The fraction of sp³-hybridized carbons (Fsp3) is 0.625. The van der Waals surface area contributed by atoms with E-state index in [0.717, 1.165) is 0 Å². The van der Waals surface area contributed by atoms with E-state index in [-0.39, 0.29) is 18.8 Å². The molecule has 1 N–H and O–H groups in total. The Morgan fingerprint density at radius 2 is 1.93 bits per heavy atom. The number of isocyanates is 2. The van der Waals surface area contributed by atoms with E-state index in [0.29, 0.717) is 19.4 Å². The van der Waals surface area contributed by atoms with Crippen LogP contribution in [0.1, 0.15) is 19.3 Å². The summed E-state index contributed by atoms with van der Waals surface area (Å²) in [6.07, 6.45) is 3.95. The van der Waals surface area contributed by atoms with Gasteiger partial charge in [-0.25, -0.2) is 19.4 Å². The number of aliphatic carboxylic acids is 1. The van der Waals surface area contributed by atoms with E-state index < -0.39 is 12.0 Å². The van der Waals surface area contributed by atoms with E-state index >= 15 is 0 Å². The number of rotatable bonds is 7. The van der Waals surface area contributed by atoms with E-state index in [4.69, 9.17) is 5.11 Å². The number of carbonyl (C=O) groups excluding carboxylic acids is 2. The Morgan fingerprint density at radius 3 is 2.40 bits per heavy atom. The maximum atomic E-state index is 10.5. The fourth-order valence-corrected chi connectivity index (χ4v) is 0.881. The molecule has 0 radical (unpaired) electrons. The minimum atomic E-state index is -1.15. The molecule has 0 aromatic heterocycles. The molecule has 0 aliphatic carbocycles. The van der Waals surface area contributed by atoms with Crippen molar-refractivity contribution >= 4 is 30.5 Å². The Kier molecular flexibility index (Phi) is 11.3. The molecule has 1 unspecified atom stereocenters. The van der Waals surface area contributed by atoms with Crippen LogP contribution in [0.3, 0.4) is 0 Å². The Bertz CT molecular complexity index is 280. The van der Waals surface area contributed by atoms with Gasteiger partial charge >= 0.3 is 5.97 Å². The van der Waals surface area contributed by atoms with Crippen LogP contribution in [-0.2, 0) is 14.4 Å². The number of halogens is 1. The summed E-state index contributed by atoms with van der Waals surface area (Å²) in [7, 11) is 0. The Hall–Kier alpha value is -1.48. The van der Waals surface area contributed by atoms with Gasteiger partial charge in [-0.15, -0.1) is 12.4 Å². The van der Waals surface area contributed by atoms with Gasteiger partial charge in [-0.2, -0.15) is 4.99 Å². The van der Waals surface area contributed by atoms with Crippen LogP contribution in [0.25, 0.3) is 0 Å². The van der Waals surface area contributed by atoms with Crippen molar-refractivity contribution < 1.29 is 19.5 Å². The number of hydrogen-bond acceptors (Lipinski definition) is 5. The molecule has 0 aliphatic rings. The summed E-state index contributed by atoms with van der Waals surface area (Å²) in [6, 6.07) is -1.03. The number of carbonyl (C=O) groups is 1. The summed E-state index contributed by atoms with van der Waals surface area (Å²) in [5, 5.41) is 8.55. The highest BCUT2D eigenvalue weighted by molar-refractivity contribution is 5.85. The maximum absolute atomic E-state index is 10.5. The largest absolute Gasteiger partial charge is 0.480 e. The van der Waals surface area contributed by atoms with Crippen molar-refractivity contribution in [3.63, 3.8) is 0 Å². The molecule has 0 spiro atoms. The Morgan fingerprint density at radius 1 is 1.27 bits per heavy atom. The molecule has 15 heavy (non-hydrogen) atoms. The number of carboxylic acid groups (broad SMARTS) is 1. The maximum Gasteiger partial charge on any atom is 0.329 e. The van der Waals surface area contributed by atoms with Crippen LogP contribution in [-0.4, -0.2) is 35.8 Å². The summed E-state index contributed by atoms with van der Waals surface area (Å²) < 4.78 is 0. The molecule has 0 bridgehead atoms. The van der Waals surface area contributed by atoms with Gasteiger partial charge < -0.3 is 5.11 Å². The average Bonchev–Trinajstić information content (AvgIpc) is 2.15. The van der Waals surface area contributed by atoms with Gasteiger partial charge in [0.2, 0.25) is 12.2 Å². The lowest BCUT2D eigenvalue weighted by Gasteiger charge is -2.02. The molecular formula is C8H11ClN2O4. The first kappa shape index (κ1) is 16.0. The molecular weight excluding hydrogens is 224 g/mol. The number of unbranched alkanes of at least 4 members (excludes halogenated alkanes) is 1. The highest BCUT2D eigenvalue weighted by Gasteiger charge is 2.14. The molecule has 0 saturated heterocycles. The van der Waals surface area contributed by atoms with Crippen LogP contribution in [0.4, 0.5) is 0 Å². The van der Waals surface area contributed by atoms with Gasteiger partial charge in [0.25, 0.3) is 0 Å². The van der Waals surface area contributed by atoms with Gasteiger partial charge in [0, 0.05) is 0 Å². The summed E-state index contributed by atoms with van der Waals surface area (Å²) in [6.45, 7) is 0.320. The van der Waals surface area contributed by atoms with Crippen molar-refractivity contribution in [1.29, 1.82) is 0 Å². The highest BCUT2D eigenvalue weighted by Crippen LogP contribution is 2.04. The summed E-state index contributed by atoms with van der Waals surface area (Å²) >= 11 is 0. The molecule has 0 aromatic rings. The third kappa shape index (κ3) is 8.84. The predicted molar refractivity (Wildman–Crippen MR) is 53.6 cm³/mol. The van der Waals surface area contributed by atoms with Crippen molar-refractivity contribution in [3.8, 4) is 0 Å². The standard InChI is InChI=1S/C8H10N2O4.ClH/c11-5-9-4-2-1-3-7(8(13)14)10-6-12;/h7H,1-4H2,(H,13,14);1H. The van der Waals surface area contributed by atoms with Crippen LogP contribution in [0.15, 0.2) is 9.98 Å². The minimum Gasteiger partial charge on any atom is -0.480 e. The van der Waals surface area contributed by atoms with Crippen LogP contribution >= 0.6 is 12.4 Å². The van der Waals surface area contributed by atoms with Crippen molar-refractivity contribution in [3.05, 3.63) is 0 Å². The lowest BCUT2D eigenvalue weighted by atomic mass is 10.1. The van der Waals surface area contributed by atoms with Gasteiger partial charge in [0.05, 0.1) is 6.54 Å². The third-order valence-electron chi connectivity index (χ3n) is 1.56. The second kappa shape index (κ2) is 10.6. The van der Waals surface area contributed by atoms with Crippen LogP contribution in [0, 0.1) is 0 Å². The van der Waals surface area contributed by atoms with Gasteiger partial charge in [0.15, 0.2) is 6.04 Å². The van der Waals surface area contributed by atoms with Crippen LogP contribution < -0.4 is 0 Å². The normalized spacial score (nSPS) is 10.1. The van der Waals surface area contributed by atoms with E-state index in [1.807, 2.05) is 0 Å². The molecule has 1 atom stereocenters. The second-order valence-corrected chi connectivity index (χ2v) is 2.54. The van der Waals surface area contributed by atoms with E-state index in [9.17, 15) is 14.4 Å². The zero-order chi connectivity index (χ0) is 10.8. The molecule has 0 rings (SSSR count). The zero-order valence-electron chi connectivity index (χ0n) is 7.88. The number of carboxylic acids is 1. The van der Waals surface area contributed by atoms with E-state index in [2.05, 4.69) is 9.98 Å². The first-order valence-electron chi connectivity index (χ1n) is 4.05. The van der Waals surface area contributed by atoms with E-state index in [1.165, 1.54) is 12.2 Å². The summed E-state index contributed by atoms with van der Waals surface area (Å²) in [5.74, 6) is -1.15. The molecule has 0 aliphatic heterocycles. The molecule has 0 heterocycles. The molecule has 0 saturated carbocycles. The van der Waals surface area contributed by atoms with Gasteiger partial charge in [-0.1, -0.05) is 0 Å². The first-order valence-corrected chi connectivity index (χ1v) is 4.05.